The maximum atomic E-state index is 12.2. The average molecular weight is 372 g/mol. The molecule has 0 bridgehead atoms. The molecule has 2 aromatic heterocycles. The van der Waals surface area contributed by atoms with E-state index in [9.17, 15) is 4.79 Å². The van der Waals surface area contributed by atoms with E-state index in [-0.39, 0.29) is 18.2 Å². The van der Waals surface area contributed by atoms with Crippen molar-refractivity contribution in [1.29, 1.82) is 0 Å². The first-order valence-corrected chi connectivity index (χ1v) is 10.0. The standard InChI is InChI=1S/C20H28N4O3/c1-13-9-15(11-26-18(25)10-14-5-3-2-4-6-14)27-19(13)16-7-8-17-20(21)22-12-23-24(16)17/h7-8,12-15,19H,2-6,9-11H2,1H3,(H2,21,22,23)/t13-,15?,19?/m1/s1. The Bertz CT molecular complexity index is 800. The van der Waals surface area contributed by atoms with Crippen LogP contribution in [-0.4, -0.2) is 33.3 Å². The van der Waals surface area contributed by atoms with Gasteiger partial charge in [-0.15, -0.1) is 0 Å². The van der Waals surface area contributed by atoms with E-state index in [0.717, 1.165) is 30.5 Å². The number of fused-ring (bicyclic) bond motifs is 1. The van der Waals surface area contributed by atoms with Crippen LogP contribution in [-0.2, 0) is 14.3 Å². The lowest BCUT2D eigenvalue weighted by Gasteiger charge is -2.21. The molecule has 0 radical (unpaired) electrons. The van der Waals surface area contributed by atoms with E-state index in [4.69, 9.17) is 15.2 Å². The van der Waals surface area contributed by atoms with Gasteiger partial charge >= 0.3 is 5.97 Å². The number of hydrogen-bond acceptors (Lipinski definition) is 6. The fraction of sp³-hybridized carbons (Fsp3) is 0.650. The molecular formula is C20H28N4O3. The Morgan fingerprint density at radius 3 is 2.96 bits per heavy atom. The first-order chi connectivity index (χ1) is 13.1. The van der Waals surface area contributed by atoms with Gasteiger partial charge in [-0.2, -0.15) is 5.10 Å². The molecule has 2 unspecified atom stereocenters. The van der Waals surface area contributed by atoms with Gasteiger partial charge in [0.15, 0.2) is 5.82 Å². The minimum Gasteiger partial charge on any atom is -0.463 e. The third-order valence-corrected chi connectivity index (χ3v) is 5.90. The number of hydrogen-bond donors (Lipinski definition) is 1. The fourth-order valence-electron chi connectivity index (χ4n) is 4.46. The number of rotatable bonds is 5. The third kappa shape index (κ3) is 3.93. The largest absolute Gasteiger partial charge is 0.463 e. The maximum absolute atomic E-state index is 12.2. The average Bonchev–Trinajstić information content (AvgIpc) is 3.25. The molecule has 4 rings (SSSR count). The number of aromatic nitrogens is 3. The predicted molar refractivity (Wildman–Crippen MR) is 101 cm³/mol. The lowest BCUT2D eigenvalue weighted by atomic mass is 9.87. The lowest BCUT2D eigenvalue weighted by molar-refractivity contribution is -0.149. The predicted octanol–water partition coefficient (Wildman–Crippen LogP) is 3.29. The van der Waals surface area contributed by atoms with E-state index in [1.165, 1.54) is 25.6 Å². The second kappa shape index (κ2) is 7.84. The molecule has 0 amide bonds. The highest BCUT2D eigenvalue weighted by Gasteiger charge is 2.36. The van der Waals surface area contributed by atoms with Crippen molar-refractivity contribution in [2.75, 3.05) is 12.3 Å². The van der Waals surface area contributed by atoms with Crippen LogP contribution < -0.4 is 5.73 Å². The highest BCUT2D eigenvalue weighted by molar-refractivity contribution is 5.69. The van der Waals surface area contributed by atoms with Crippen LogP contribution in [0.3, 0.4) is 0 Å². The van der Waals surface area contributed by atoms with Crippen molar-refractivity contribution in [2.24, 2.45) is 11.8 Å². The van der Waals surface area contributed by atoms with Gasteiger partial charge in [0, 0.05) is 6.42 Å². The van der Waals surface area contributed by atoms with Gasteiger partial charge in [-0.3, -0.25) is 4.79 Å². The molecule has 7 heteroatoms. The number of nitrogens with two attached hydrogens (primary N) is 1. The topological polar surface area (TPSA) is 91.7 Å². The molecule has 3 atom stereocenters. The Morgan fingerprint density at radius 1 is 1.33 bits per heavy atom. The summed E-state index contributed by atoms with van der Waals surface area (Å²) in [6.45, 7) is 2.48. The van der Waals surface area contributed by atoms with Gasteiger partial charge in [0.2, 0.25) is 0 Å². The van der Waals surface area contributed by atoms with Crippen LogP contribution in [0.5, 0.6) is 0 Å². The normalized spacial score (nSPS) is 26.5. The zero-order valence-corrected chi connectivity index (χ0v) is 15.8. The third-order valence-electron chi connectivity index (χ3n) is 5.90. The number of ether oxygens (including phenoxy) is 2. The van der Waals surface area contributed by atoms with Crippen LogP contribution in [0.15, 0.2) is 18.5 Å². The van der Waals surface area contributed by atoms with E-state index in [2.05, 4.69) is 17.0 Å². The maximum Gasteiger partial charge on any atom is 0.306 e. The summed E-state index contributed by atoms with van der Waals surface area (Å²) in [5.74, 6) is 1.17. The highest BCUT2D eigenvalue weighted by Crippen LogP contribution is 2.38. The Morgan fingerprint density at radius 2 is 2.15 bits per heavy atom. The van der Waals surface area contributed by atoms with E-state index in [0.29, 0.717) is 30.7 Å². The number of carbonyl (C=O) groups is 1. The van der Waals surface area contributed by atoms with Crippen molar-refractivity contribution in [2.45, 2.75) is 64.1 Å². The van der Waals surface area contributed by atoms with Crippen LogP contribution >= 0.6 is 0 Å². The minimum atomic E-state index is -0.0937. The van der Waals surface area contributed by atoms with Crippen molar-refractivity contribution in [3.63, 3.8) is 0 Å². The molecular weight excluding hydrogens is 344 g/mol. The zero-order chi connectivity index (χ0) is 18.8. The Hall–Kier alpha value is -2.15. The van der Waals surface area contributed by atoms with E-state index < -0.39 is 0 Å². The molecule has 2 N–H and O–H groups in total. The van der Waals surface area contributed by atoms with Gasteiger partial charge in [0.25, 0.3) is 0 Å². The van der Waals surface area contributed by atoms with Crippen molar-refractivity contribution < 1.29 is 14.3 Å². The van der Waals surface area contributed by atoms with Crippen LogP contribution in [0.2, 0.25) is 0 Å². The van der Waals surface area contributed by atoms with Crippen molar-refractivity contribution in [3.8, 4) is 0 Å². The monoisotopic (exact) mass is 372 g/mol. The van der Waals surface area contributed by atoms with Crippen molar-refractivity contribution in [3.05, 3.63) is 24.2 Å². The van der Waals surface area contributed by atoms with E-state index in [1.54, 1.807) is 4.52 Å². The second-order valence-electron chi connectivity index (χ2n) is 7.98. The molecule has 27 heavy (non-hydrogen) atoms. The smallest absolute Gasteiger partial charge is 0.306 e. The first-order valence-electron chi connectivity index (χ1n) is 10.0. The molecule has 0 aromatic carbocycles. The number of anilines is 1. The number of esters is 1. The first kappa shape index (κ1) is 18.2. The van der Waals surface area contributed by atoms with E-state index in [1.807, 2.05) is 12.1 Å². The van der Waals surface area contributed by atoms with Gasteiger partial charge in [0.05, 0.1) is 11.8 Å². The highest BCUT2D eigenvalue weighted by atomic mass is 16.6. The summed E-state index contributed by atoms with van der Waals surface area (Å²) in [6, 6.07) is 3.90. The molecule has 1 aliphatic heterocycles. The SMILES string of the molecule is C[C@@H]1CC(COC(=O)CC2CCCCC2)OC1c1ccc2c(N)ncnn12. The summed E-state index contributed by atoms with van der Waals surface area (Å²) in [4.78, 5) is 16.2. The van der Waals surface area contributed by atoms with E-state index >= 15 is 0 Å². The quantitative estimate of drug-likeness (QED) is 0.810. The minimum absolute atomic E-state index is 0.0787. The van der Waals surface area contributed by atoms with Crippen LogP contribution in [0, 0.1) is 11.8 Å². The summed E-state index contributed by atoms with van der Waals surface area (Å²) in [7, 11) is 0. The summed E-state index contributed by atoms with van der Waals surface area (Å²) in [5, 5.41) is 4.31. The molecule has 2 fully saturated rings. The van der Waals surface area contributed by atoms with Crippen molar-refractivity contribution in [1.82, 2.24) is 14.6 Å². The summed E-state index contributed by atoms with van der Waals surface area (Å²) in [5.41, 5.74) is 7.66. The molecule has 2 aliphatic rings. The molecule has 146 valence electrons. The van der Waals surface area contributed by atoms with Gasteiger partial charge in [-0.25, -0.2) is 9.50 Å². The number of nitrogens with zero attached hydrogens (tertiary/aromatic N) is 3. The van der Waals surface area contributed by atoms with Gasteiger partial charge in [-0.1, -0.05) is 26.2 Å². The fourth-order valence-corrected chi connectivity index (χ4v) is 4.46. The summed E-state index contributed by atoms with van der Waals surface area (Å²) < 4.78 is 13.5. The zero-order valence-electron chi connectivity index (χ0n) is 15.8. The number of nitrogen functional groups attached to an aromatic ring is 1. The van der Waals surface area contributed by atoms with Gasteiger partial charge in [-0.05, 0) is 43.2 Å². The molecule has 1 saturated carbocycles. The van der Waals surface area contributed by atoms with Crippen LogP contribution in [0.1, 0.15) is 63.7 Å². The van der Waals surface area contributed by atoms with Gasteiger partial charge < -0.3 is 15.2 Å². The van der Waals surface area contributed by atoms with Crippen LogP contribution in [0.4, 0.5) is 5.82 Å². The lowest BCUT2D eigenvalue weighted by Crippen LogP contribution is -2.21. The van der Waals surface area contributed by atoms with Crippen LogP contribution in [0.25, 0.3) is 5.52 Å². The summed E-state index contributed by atoms with van der Waals surface area (Å²) in [6.07, 6.45) is 8.77. The molecule has 2 aromatic rings. The molecule has 1 saturated heterocycles. The van der Waals surface area contributed by atoms with Crippen molar-refractivity contribution >= 4 is 17.3 Å². The molecule has 1 aliphatic carbocycles. The Balaban J connectivity index is 1.34. The summed E-state index contributed by atoms with van der Waals surface area (Å²) >= 11 is 0. The second-order valence-corrected chi connectivity index (χ2v) is 7.98. The Kier molecular flexibility index (Phi) is 5.29. The molecule has 7 nitrogen and oxygen atoms in total. The molecule has 0 spiro atoms. The number of carbonyl (C=O) groups excluding carboxylic acids is 1. The molecule has 3 heterocycles. The van der Waals surface area contributed by atoms with Gasteiger partial charge in [0.1, 0.15) is 24.6 Å². The Labute approximate surface area is 159 Å².